The second-order valence-electron chi connectivity index (χ2n) is 9.68. The molecule has 2 saturated heterocycles. The quantitative estimate of drug-likeness (QED) is 0.272. The van der Waals surface area contributed by atoms with Crippen molar-refractivity contribution in [2.75, 3.05) is 40.3 Å². The summed E-state index contributed by atoms with van der Waals surface area (Å²) in [6, 6.07) is 1.94. The minimum Gasteiger partial charge on any atom is -1.00 e. The van der Waals surface area contributed by atoms with E-state index in [1.54, 1.807) is 0 Å². The van der Waals surface area contributed by atoms with Crippen LogP contribution in [0.25, 0.3) is 0 Å². The summed E-state index contributed by atoms with van der Waals surface area (Å²) in [6.07, 6.45) is 11.8. The molecule has 4 heteroatoms. The van der Waals surface area contributed by atoms with Gasteiger partial charge in [-0.25, -0.2) is 0 Å². The molecule has 144 valence electrons. The Kier molecular flexibility index (Phi) is 9.31. The monoisotopic (exact) mass is 562 g/mol. The highest BCUT2D eigenvalue weighted by Crippen LogP contribution is 2.37. The summed E-state index contributed by atoms with van der Waals surface area (Å²) in [4.78, 5) is 0. The zero-order valence-electron chi connectivity index (χ0n) is 16.4. The third-order valence-corrected chi connectivity index (χ3v) is 7.96. The molecule has 0 N–H and O–H groups in total. The van der Waals surface area contributed by atoms with Crippen LogP contribution >= 0.6 is 0 Å². The van der Waals surface area contributed by atoms with Gasteiger partial charge in [0.2, 0.25) is 0 Å². The van der Waals surface area contributed by atoms with E-state index in [-0.39, 0.29) is 48.0 Å². The van der Waals surface area contributed by atoms with Crippen LogP contribution in [0.4, 0.5) is 0 Å². The lowest BCUT2D eigenvalue weighted by Gasteiger charge is -2.51. The third-order valence-electron chi connectivity index (χ3n) is 7.96. The molecule has 0 aromatic heterocycles. The van der Waals surface area contributed by atoms with E-state index >= 15 is 0 Å². The van der Waals surface area contributed by atoms with Gasteiger partial charge >= 0.3 is 0 Å². The second kappa shape index (κ2) is 9.54. The predicted molar refractivity (Wildman–Crippen MR) is 94.7 cm³/mol. The summed E-state index contributed by atoms with van der Waals surface area (Å²) >= 11 is 0. The van der Waals surface area contributed by atoms with Gasteiger partial charge in [0.1, 0.15) is 0 Å². The zero-order valence-corrected chi connectivity index (χ0v) is 20.8. The Morgan fingerprint density at radius 1 is 0.500 bits per heavy atom. The predicted octanol–water partition coefficient (Wildman–Crippen LogP) is -1.94. The standard InChI is InChI=1S/C20H40N2.2HI/c1-17-9-13-21(3,14-10-17)19-5-7-20(8-6-19)22(4)15-11-18(2)12-16-22;;/h17-20H,5-16H2,1-4H3;2*1H/q+2;;/p-2/t17?,18?,19-,20-,21?,22?;;. The number of hydrogen-bond donors (Lipinski definition) is 0. The molecule has 0 aromatic rings. The van der Waals surface area contributed by atoms with Crippen molar-refractivity contribution < 1.29 is 56.9 Å². The summed E-state index contributed by atoms with van der Waals surface area (Å²) in [6.45, 7) is 10.7. The van der Waals surface area contributed by atoms with Crippen LogP contribution in [0.1, 0.15) is 65.2 Å². The van der Waals surface area contributed by atoms with E-state index in [0.29, 0.717) is 0 Å². The number of piperidine rings is 2. The van der Waals surface area contributed by atoms with Gasteiger partial charge in [-0.1, -0.05) is 13.8 Å². The second-order valence-corrected chi connectivity index (χ2v) is 9.68. The molecule has 0 bridgehead atoms. The molecule has 3 rings (SSSR count). The van der Waals surface area contributed by atoms with Gasteiger partial charge in [-0.15, -0.1) is 0 Å². The fourth-order valence-corrected chi connectivity index (χ4v) is 5.61. The fraction of sp³-hybridized carbons (Fsp3) is 1.00. The Morgan fingerprint density at radius 2 is 0.750 bits per heavy atom. The Labute approximate surface area is 185 Å². The van der Waals surface area contributed by atoms with Crippen LogP contribution in [-0.2, 0) is 0 Å². The molecule has 3 aliphatic rings. The summed E-state index contributed by atoms with van der Waals surface area (Å²) < 4.78 is 2.80. The van der Waals surface area contributed by atoms with Crippen molar-refractivity contribution in [2.24, 2.45) is 11.8 Å². The number of rotatable bonds is 2. The van der Waals surface area contributed by atoms with Crippen LogP contribution in [-0.4, -0.2) is 61.3 Å². The van der Waals surface area contributed by atoms with E-state index in [1.165, 1.54) is 86.5 Å². The molecule has 2 heterocycles. The van der Waals surface area contributed by atoms with E-state index in [0.717, 1.165) is 23.9 Å². The van der Waals surface area contributed by atoms with Crippen molar-refractivity contribution in [3.05, 3.63) is 0 Å². The van der Waals surface area contributed by atoms with Gasteiger partial charge in [-0.2, -0.15) is 0 Å². The lowest BCUT2D eigenvalue weighted by Crippen LogP contribution is -3.00. The lowest BCUT2D eigenvalue weighted by molar-refractivity contribution is -0.953. The highest BCUT2D eigenvalue weighted by molar-refractivity contribution is 4.77. The molecule has 0 amide bonds. The molecule has 0 aromatic carbocycles. The first-order valence-electron chi connectivity index (χ1n) is 10.1. The van der Waals surface area contributed by atoms with Gasteiger partial charge in [0, 0.05) is 25.7 Å². The summed E-state index contributed by atoms with van der Waals surface area (Å²) in [5.41, 5.74) is 0. The highest BCUT2D eigenvalue weighted by Gasteiger charge is 2.43. The van der Waals surface area contributed by atoms with Crippen LogP contribution < -0.4 is 48.0 Å². The van der Waals surface area contributed by atoms with E-state index in [4.69, 9.17) is 0 Å². The molecular formula is C20H40I2N2. The minimum absolute atomic E-state index is 0. The normalized spacial score (nSPS) is 46.5. The molecule has 0 radical (unpaired) electrons. The molecule has 2 aliphatic heterocycles. The van der Waals surface area contributed by atoms with Crippen molar-refractivity contribution >= 4 is 0 Å². The van der Waals surface area contributed by atoms with E-state index in [9.17, 15) is 0 Å². The molecule has 3 fully saturated rings. The minimum atomic E-state index is 0. The zero-order chi connectivity index (χ0) is 15.8. The average molecular weight is 562 g/mol. The van der Waals surface area contributed by atoms with Crippen LogP contribution in [0.2, 0.25) is 0 Å². The SMILES string of the molecule is CC1CC[N+](C)([C@H]2CC[C@H]([N+]3(C)CCC(C)CC3)CC2)CC1.[I-].[I-]. The Balaban J connectivity index is 0.00000144. The number of hydrogen-bond acceptors (Lipinski definition) is 0. The third kappa shape index (κ3) is 5.22. The van der Waals surface area contributed by atoms with Crippen molar-refractivity contribution in [1.29, 1.82) is 0 Å². The molecule has 1 saturated carbocycles. The number of likely N-dealkylation sites (tertiary alicyclic amines) is 2. The first kappa shape index (κ1) is 23.4. The summed E-state index contributed by atoms with van der Waals surface area (Å²) in [7, 11) is 5.13. The summed E-state index contributed by atoms with van der Waals surface area (Å²) in [5, 5.41) is 0. The van der Waals surface area contributed by atoms with Crippen LogP contribution in [0.3, 0.4) is 0 Å². The number of halogens is 2. The van der Waals surface area contributed by atoms with E-state index in [1.807, 2.05) is 0 Å². The van der Waals surface area contributed by atoms with Crippen molar-refractivity contribution in [1.82, 2.24) is 0 Å². The fourth-order valence-electron chi connectivity index (χ4n) is 5.61. The molecule has 1 aliphatic carbocycles. The molecule has 0 unspecified atom stereocenters. The maximum Gasteiger partial charge on any atom is 0.0892 e. The number of quaternary nitrogens is 2. The number of nitrogens with zero attached hydrogens (tertiary/aromatic N) is 2. The topological polar surface area (TPSA) is 0 Å². The van der Waals surface area contributed by atoms with Crippen molar-refractivity contribution in [3.63, 3.8) is 0 Å². The van der Waals surface area contributed by atoms with Gasteiger partial charge in [0.25, 0.3) is 0 Å². The molecule has 2 nitrogen and oxygen atoms in total. The largest absolute Gasteiger partial charge is 1.00 e. The van der Waals surface area contributed by atoms with Gasteiger partial charge in [-0.05, 0) is 37.5 Å². The Hall–Kier alpha value is 1.38. The van der Waals surface area contributed by atoms with Crippen LogP contribution in [0.15, 0.2) is 0 Å². The smallest absolute Gasteiger partial charge is 0.0892 e. The Morgan fingerprint density at radius 3 is 1.00 bits per heavy atom. The first-order valence-corrected chi connectivity index (χ1v) is 10.1. The lowest BCUT2D eigenvalue weighted by atomic mass is 9.83. The van der Waals surface area contributed by atoms with Gasteiger partial charge in [0.15, 0.2) is 0 Å². The average Bonchev–Trinajstić information content (AvgIpc) is 2.54. The van der Waals surface area contributed by atoms with Gasteiger partial charge < -0.3 is 56.9 Å². The van der Waals surface area contributed by atoms with Crippen LogP contribution in [0.5, 0.6) is 0 Å². The van der Waals surface area contributed by atoms with Gasteiger partial charge in [0.05, 0.1) is 52.4 Å². The highest BCUT2D eigenvalue weighted by atomic mass is 127. The Bertz CT molecular complexity index is 328. The summed E-state index contributed by atoms with van der Waals surface area (Å²) in [5.74, 6) is 1.95. The first-order chi connectivity index (χ1) is 10.4. The molecule has 0 atom stereocenters. The molecular weight excluding hydrogens is 522 g/mol. The van der Waals surface area contributed by atoms with E-state index < -0.39 is 0 Å². The van der Waals surface area contributed by atoms with Crippen molar-refractivity contribution in [3.8, 4) is 0 Å². The van der Waals surface area contributed by atoms with Crippen LogP contribution in [0, 0.1) is 11.8 Å². The molecule has 0 spiro atoms. The van der Waals surface area contributed by atoms with Gasteiger partial charge in [-0.3, -0.25) is 0 Å². The maximum absolute atomic E-state index is 2.57. The maximum atomic E-state index is 2.57. The van der Waals surface area contributed by atoms with Crippen molar-refractivity contribution in [2.45, 2.75) is 77.3 Å². The molecule has 24 heavy (non-hydrogen) atoms. The van der Waals surface area contributed by atoms with E-state index in [2.05, 4.69) is 27.9 Å².